The van der Waals surface area contributed by atoms with Crippen molar-refractivity contribution in [2.75, 3.05) is 27.9 Å². The average Bonchev–Trinajstić information content (AvgIpc) is 2.86. The topological polar surface area (TPSA) is 68.2 Å². The minimum absolute atomic E-state index is 0.0205. The molecule has 6 nitrogen and oxygen atoms in total. The van der Waals surface area contributed by atoms with Crippen molar-refractivity contribution in [1.29, 1.82) is 0 Å². The molecule has 1 N–H and O–H groups in total. The molecule has 5 rings (SSSR count). The molecule has 0 bridgehead atoms. The van der Waals surface area contributed by atoms with Gasteiger partial charge in [-0.2, -0.15) is 0 Å². The summed E-state index contributed by atoms with van der Waals surface area (Å²) in [5, 5.41) is 10.9. The number of halogens is 1. The maximum Gasteiger partial charge on any atom is 0.162 e. The fourth-order valence-electron chi connectivity index (χ4n) is 5.04. The molecule has 34 heavy (non-hydrogen) atoms. The first-order valence-electron chi connectivity index (χ1n) is 11.0. The Kier molecular flexibility index (Phi) is 5.95. The molecule has 0 fully saturated rings. The first kappa shape index (κ1) is 22.7. The maximum atomic E-state index is 13.9. The van der Waals surface area contributed by atoms with Gasteiger partial charge < -0.3 is 19.3 Å². The van der Waals surface area contributed by atoms with Crippen molar-refractivity contribution in [2.24, 2.45) is 0 Å². The van der Waals surface area contributed by atoms with E-state index in [2.05, 4.69) is 4.90 Å². The van der Waals surface area contributed by atoms with Gasteiger partial charge in [0, 0.05) is 35.7 Å². The molecule has 0 spiro atoms. The highest BCUT2D eigenvalue weighted by molar-refractivity contribution is 7.85. The lowest BCUT2D eigenvalue weighted by Gasteiger charge is -2.42. The molecule has 0 saturated heterocycles. The minimum atomic E-state index is -1.64. The summed E-state index contributed by atoms with van der Waals surface area (Å²) >= 11 is 0. The van der Waals surface area contributed by atoms with Gasteiger partial charge in [0.15, 0.2) is 23.0 Å². The summed E-state index contributed by atoms with van der Waals surface area (Å²) < 4.78 is 43.9. The van der Waals surface area contributed by atoms with Gasteiger partial charge >= 0.3 is 0 Å². The second-order valence-corrected chi connectivity index (χ2v) is 9.90. The van der Waals surface area contributed by atoms with Crippen LogP contribution in [0.25, 0.3) is 0 Å². The molecule has 8 heteroatoms. The van der Waals surface area contributed by atoms with E-state index >= 15 is 0 Å². The zero-order valence-corrected chi connectivity index (χ0v) is 20.1. The molecule has 0 aliphatic carbocycles. The maximum absolute atomic E-state index is 13.9. The van der Waals surface area contributed by atoms with E-state index < -0.39 is 16.6 Å². The van der Waals surface area contributed by atoms with Crippen molar-refractivity contribution in [2.45, 2.75) is 35.2 Å². The van der Waals surface area contributed by atoms with Crippen LogP contribution in [0.1, 0.15) is 28.3 Å². The van der Waals surface area contributed by atoms with Crippen LogP contribution in [0, 0.1) is 5.82 Å². The van der Waals surface area contributed by atoms with Gasteiger partial charge in [-0.1, -0.05) is 6.07 Å². The highest BCUT2D eigenvalue weighted by atomic mass is 32.2. The molecule has 178 valence electrons. The SMILES string of the molecule is COc1cc2c(cc1OC)C1Cc3c(S(=O)c4cccc(F)c4)cc(OC)c(O)c3CN1CC2. The van der Waals surface area contributed by atoms with Crippen molar-refractivity contribution in [3.05, 3.63) is 70.5 Å². The number of phenolic OH excluding ortho intramolecular Hbond substituents is 1. The Bertz CT molecular complexity index is 1290. The molecule has 2 atom stereocenters. The van der Waals surface area contributed by atoms with Crippen molar-refractivity contribution >= 4 is 10.8 Å². The zero-order chi connectivity index (χ0) is 24.0. The van der Waals surface area contributed by atoms with Crippen LogP contribution in [0.15, 0.2) is 52.3 Å². The van der Waals surface area contributed by atoms with Gasteiger partial charge in [0.25, 0.3) is 0 Å². The zero-order valence-electron chi connectivity index (χ0n) is 19.3. The fourth-order valence-corrected chi connectivity index (χ4v) is 6.36. The highest BCUT2D eigenvalue weighted by Crippen LogP contribution is 2.47. The number of fused-ring (bicyclic) bond motifs is 4. The lowest BCUT2D eigenvalue weighted by atomic mass is 9.83. The first-order chi connectivity index (χ1) is 16.4. The standard InChI is InChI=1S/C26H26FNO5S/c1-31-22-9-15-7-8-28-14-20-19(11-21(28)18(15)12-23(22)32-2)25(13-24(33-3)26(20)29)34(30)17-6-4-5-16(27)10-17/h4-6,9-10,12-13,21,29H,7-8,11,14H2,1-3H3. The van der Waals surface area contributed by atoms with E-state index in [9.17, 15) is 13.7 Å². The predicted octanol–water partition coefficient (Wildman–Crippen LogP) is 4.38. The van der Waals surface area contributed by atoms with Crippen LogP contribution in [-0.2, 0) is 30.2 Å². The summed E-state index contributed by atoms with van der Waals surface area (Å²) in [4.78, 5) is 3.21. The van der Waals surface area contributed by atoms with Crippen LogP contribution >= 0.6 is 0 Å². The Morgan fingerprint density at radius 3 is 2.44 bits per heavy atom. The third-order valence-electron chi connectivity index (χ3n) is 6.75. The molecule has 0 aromatic heterocycles. The van der Waals surface area contributed by atoms with Gasteiger partial charge in [-0.3, -0.25) is 4.90 Å². The Balaban J connectivity index is 1.64. The number of hydrogen-bond donors (Lipinski definition) is 1. The summed E-state index contributed by atoms with van der Waals surface area (Å²) in [5.41, 5.74) is 3.84. The van der Waals surface area contributed by atoms with Gasteiger partial charge in [-0.05, 0) is 59.9 Å². The highest BCUT2D eigenvalue weighted by Gasteiger charge is 2.37. The summed E-state index contributed by atoms with van der Waals surface area (Å²) in [7, 11) is 3.07. The van der Waals surface area contributed by atoms with Crippen molar-refractivity contribution in [3.63, 3.8) is 0 Å². The van der Waals surface area contributed by atoms with E-state index in [1.54, 1.807) is 32.4 Å². The summed E-state index contributed by atoms with van der Waals surface area (Å²) in [6.45, 7) is 1.30. The van der Waals surface area contributed by atoms with Crippen molar-refractivity contribution < 1.29 is 27.9 Å². The molecule has 3 aromatic carbocycles. The van der Waals surface area contributed by atoms with Crippen LogP contribution in [-0.4, -0.2) is 42.1 Å². The van der Waals surface area contributed by atoms with E-state index in [4.69, 9.17) is 14.2 Å². The summed E-state index contributed by atoms with van der Waals surface area (Å²) in [6, 6.07) is 11.5. The van der Waals surface area contributed by atoms with Crippen molar-refractivity contribution in [3.8, 4) is 23.0 Å². The lowest BCUT2D eigenvalue weighted by molar-refractivity contribution is 0.156. The largest absolute Gasteiger partial charge is 0.504 e. The normalized spacial score (nSPS) is 17.8. The summed E-state index contributed by atoms with van der Waals surface area (Å²) in [5.74, 6) is 1.24. The second-order valence-electron chi connectivity index (χ2n) is 8.46. The van der Waals surface area contributed by atoms with Gasteiger partial charge in [-0.25, -0.2) is 8.60 Å². The Labute approximate surface area is 200 Å². The number of nitrogens with zero attached hydrogens (tertiary/aromatic N) is 1. The van der Waals surface area contributed by atoms with E-state index in [0.29, 0.717) is 39.8 Å². The number of hydrogen-bond acceptors (Lipinski definition) is 6. The predicted molar refractivity (Wildman–Crippen MR) is 126 cm³/mol. The third kappa shape index (κ3) is 3.71. The average molecular weight is 484 g/mol. The smallest absolute Gasteiger partial charge is 0.162 e. The molecule has 2 aliphatic heterocycles. The molecule has 2 heterocycles. The van der Waals surface area contributed by atoms with E-state index in [1.165, 1.54) is 24.8 Å². The van der Waals surface area contributed by atoms with Crippen LogP contribution in [0.4, 0.5) is 4.39 Å². The molecule has 3 aromatic rings. The quantitative estimate of drug-likeness (QED) is 0.581. The van der Waals surface area contributed by atoms with Gasteiger partial charge in [0.1, 0.15) is 5.82 Å². The third-order valence-corrected chi connectivity index (χ3v) is 8.19. The lowest BCUT2D eigenvalue weighted by Crippen LogP contribution is -2.39. The molecule has 0 saturated carbocycles. The number of ether oxygens (including phenoxy) is 3. The fraction of sp³-hybridized carbons (Fsp3) is 0.308. The van der Waals surface area contributed by atoms with Crippen LogP contribution in [0.3, 0.4) is 0 Å². The number of phenols is 1. The minimum Gasteiger partial charge on any atom is -0.504 e. The molecule has 0 amide bonds. The Hall–Kier alpha value is -3.10. The first-order valence-corrected chi connectivity index (χ1v) is 12.2. The van der Waals surface area contributed by atoms with E-state index in [-0.39, 0.29) is 17.5 Å². The Morgan fingerprint density at radius 2 is 1.74 bits per heavy atom. The van der Waals surface area contributed by atoms with Gasteiger partial charge in [-0.15, -0.1) is 0 Å². The van der Waals surface area contributed by atoms with Gasteiger partial charge in [0.05, 0.1) is 37.0 Å². The van der Waals surface area contributed by atoms with Crippen molar-refractivity contribution in [1.82, 2.24) is 4.90 Å². The van der Waals surface area contributed by atoms with Gasteiger partial charge in [0.2, 0.25) is 0 Å². The number of aromatic hydroxyl groups is 1. The number of methoxy groups -OCH3 is 3. The van der Waals surface area contributed by atoms with Crippen LogP contribution < -0.4 is 14.2 Å². The molecule has 2 unspecified atom stereocenters. The molecule has 2 aliphatic rings. The second kappa shape index (κ2) is 8.92. The molecular formula is C26H26FNO5S. The van der Waals surface area contributed by atoms with Crippen LogP contribution in [0.5, 0.6) is 23.0 Å². The van der Waals surface area contributed by atoms with E-state index in [0.717, 1.165) is 24.1 Å². The van der Waals surface area contributed by atoms with Crippen LogP contribution in [0.2, 0.25) is 0 Å². The Morgan fingerprint density at radius 1 is 1.00 bits per heavy atom. The number of rotatable bonds is 5. The molecular weight excluding hydrogens is 457 g/mol. The molecule has 0 radical (unpaired) electrons. The summed E-state index contributed by atoms with van der Waals surface area (Å²) in [6.07, 6.45) is 1.39. The number of benzene rings is 3. The van der Waals surface area contributed by atoms with E-state index in [1.807, 2.05) is 12.1 Å². The monoisotopic (exact) mass is 483 g/mol.